The molecule has 5 nitrogen and oxygen atoms in total. The smallest absolute Gasteiger partial charge is 0.338 e. The van der Waals surface area contributed by atoms with Crippen molar-refractivity contribution in [3.8, 4) is 5.69 Å². The van der Waals surface area contributed by atoms with Gasteiger partial charge in [0, 0.05) is 36.7 Å². The number of rotatable bonds is 6. The molecule has 0 spiro atoms. The molecule has 1 heterocycles. The van der Waals surface area contributed by atoms with Gasteiger partial charge in [0.1, 0.15) is 0 Å². The second-order valence-electron chi connectivity index (χ2n) is 6.09. The number of aromatic nitrogens is 1. The Hall–Kier alpha value is -3.05. The van der Waals surface area contributed by atoms with E-state index >= 15 is 0 Å². The van der Waals surface area contributed by atoms with Gasteiger partial charge in [-0.3, -0.25) is 4.79 Å². The van der Waals surface area contributed by atoms with Gasteiger partial charge in [0.15, 0.2) is 6.61 Å². The topological polar surface area (TPSA) is 51.5 Å². The summed E-state index contributed by atoms with van der Waals surface area (Å²) >= 11 is 5.95. The molecule has 0 aliphatic carbocycles. The number of halogens is 1. The van der Waals surface area contributed by atoms with Crippen molar-refractivity contribution in [2.45, 2.75) is 6.54 Å². The predicted octanol–water partition coefficient (Wildman–Crippen LogP) is 3.95. The zero-order valence-corrected chi connectivity index (χ0v) is 15.6. The van der Waals surface area contributed by atoms with Crippen LogP contribution in [0.25, 0.3) is 5.69 Å². The fraction of sp³-hybridized carbons (Fsp3) is 0.143. The maximum absolute atomic E-state index is 12.2. The lowest BCUT2D eigenvalue weighted by Gasteiger charge is -2.17. The van der Waals surface area contributed by atoms with E-state index < -0.39 is 5.97 Å². The Balaban J connectivity index is 1.52. The Kier molecular flexibility index (Phi) is 5.94. The van der Waals surface area contributed by atoms with Gasteiger partial charge in [0.05, 0.1) is 5.56 Å². The fourth-order valence-corrected chi connectivity index (χ4v) is 2.81. The third-order valence-electron chi connectivity index (χ3n) is 4.07. The Morgan fingerprint density at radius 2 is 1.74 bits per heavy atom. The summed E-state index contributed by atoms with van der Waals surface area (Å²) in [5.74, 6) is -0.814. The largest absolute Gasteiger partial charge is 0.452 e. The van der Waals surface area contributed by atoms with Crippen molar-refractivity contribution in [2.24, 2.45) is 0 Å². The van der Waals surface area contributed by atoms with Crippen LogP contribution in [0.15, 0.2) is 73.1 Å². The van der Waals surface area contributed by atoms with E-state index in [0.717, 1.165) is 11.3 Å². The molecule has 6 heteroatoms. The highest BCUT2D eigenvalue weighted by atomic mass is 35.5. The molecule has 0 unspecified atom stereocenters. The number of likely N-dealkylation sites (N-methyl/N-ethyl adjacent to an activating group) is 1. The molecule has 0 saturated carbocycles. The van der Waals surface area contributed by atoms with Gasteiger partial charge < -0.3 is 14.2 Å². The first-order valence-electron chi connectivity index (χ1n) is 8.42. The SMILES string of the molecule is CN(Cc1cccc(Cl)c1)C(=O)COC(=O)c1ccc(-n2cccc2)cc1. The molecule has 3 rings (SSSR count). The third-order valence-corrected chi connectivity index (χ3v) is 4.30. The molecule has 0 bridgehead atoms. The van der Waals surface area contributed by atoms with Gasteiger partial charge in [-0.1, -0.05) is 23.7 Å². The summed E-state index contributed by atoms with van der Waals surface area (Å²) in [7, 11) is 1.66. The van der Waals surface area contributed by atoms with Gasteiger partial charge in [-0.2, -0.15) is 0 Å². The van der Waals surface area contributed by atoms with Crippen molar-refractivity contribution >= 4 is 23.5 Å². The molecule has 0 fully saturated rings. The van der Waals surface area contributed by atoms with Crippen LogP contribution in [0.5, 0.6) is 0 Å². The highest BCUT2D eigenvalue weighted by molar-refractivity contribution is 6.30. The van der Waals surface area contributed by atoms with Crippen molar-refractivity contribution in [3.63, 3.8) is 0 Å². The van der Waals surface area contributed by atoms with Crippen molar-refractivity contribution in [2.75, 3.05) is 13.7 Å². The second kappa shape index (κ2) is 8.56. The lowest BCUT2D eigenvalue weighted by molar-refractivity contribution is -0.133. The summed E-state index contributed by atoms with van der Waals surface area (Å²) in [6, 6.07) is 18.1. The Morgan fingerprint density at radius 1 is 1.04 bits per heavy atom. The van der Waals surface area contributed by atoms with Gasteiger partial charge in [-0.15, -0.1) is 0 Å². The Morgan fingerprint density at radius 3 is 2.41 bits per heavy atom. The molecule has 138 valence electrons. The van der Waals surface area contributed by atoms with Crippen LogP contribution in [-0.4, -0.2) is 35.0 Å². The summed E-state index contributed by atoms with van der Waals surface area (Å²) in [6.07, 6.45) is 3.84. The highest BCUT2D eigenvalue weighted by Crippen LogP contribution is 2.13. The van der Waals surface area contributed by atoms with Gasteiger partial charge in [0.2, 0.25) is 0 Å². The number of benzene rings is 2. The number of nitrogens with zero attached hydrogens (tertiary/aromatic N) is 2. The summed E-state index contributed by atoms with van der Waals surface area (Å²) < 4.78 is 7.07. The molecule has 2 aromatic carbocycles. The van der Waals surface area contributed by atoms with E-state index in [0.29, 0.717) is 17.1 Å². The second-order valence-corrected chi connectivity index (χ2v) is 6.53. The minimum atomic E-state index is -0.529. The van der Waals surface area contributed by atoms with E-state index in [9.17, 15) is 9.59 Å². The Labute approximate surface area is 162 Å². The summed E-state index contributed by atoms with van der Waals surface area (Å²) in [6.45, 7) is 0.0811. The van der Waals surface area contributed by atoms with Crippen molar-refractivity contribution in [1.82, 2.24) is 9.47 Å². The average Bonchev–Trinajstić information content (AvgIpc) is 3.20. The van der Waals surface area contributed by atoms with Crippen LogP contribution in [0.1, 0.15) is 15.9 Å². The quantitative estimate of drug-likeness (QED) is 0.606. The minimum absolute atomic E-state index is 0.285. The van der Waals surface area contributed by atoms with Crippen molar-refractivity contribution in [1.29, 1.82) is 0 Å². The fourth-order valence-electron chi connectivity index (χ4n) is 2.59. The van der Waals surface area contributed by atoms with Gasteiger partial charge in [-0.25, -0.2) is 4.79 Å². The number of esters is 1. The van der Waals surface area contributed by atoms with Crippen LogP contribution in [0.2, 0.25) is 5.02 Å². The lowest BCUT2D eigenvalue weighted by atomic mass is 10.2. The molecular weight excluding hydrogens is 364 g/mol. The molecule has 0 N–H and O–H groups in total. The number of carbonyl (C=O) groups excluding carboxylic acids is 2. The molecular formula is C21H19ClN2O3. The lowest BCUT2D eigenvalue weighted by Crippen LogP contribution is -2.30. The first-order valence-corrected chi connectivity index (χ1v) is 8.79. The Bertz CT molecular complexity index is 921. The molecule has 0 aliphatic rings. The highest BCUT2D eigenvalue weighted by Gasteiger charge is 2.14. The standard InChI is InChI=1S/C21H19ClN2O3/c1-23(14-16-5-4-6-18(22)13-16)20(25)15-27-21(26)17-7-9-19(10-8-17)24-11-2-3-12-24/h2-13H,14-15H2,1H3. The number of amides is 1. The first kappa shape index (κ1) is 18.7. The summed E-state index contributed by atoms with van der Waals surface area (Å²) in [4.78, 5) is 25.8. The zero-order valence-electron chi connectivity index (χ0n) is 14.8. The number of ether oxygens (including phenoxy) is 1. The third kappa shape index (κ3) is 4.99. The molecule has 3 aromatic rings. The predicted molar refractivity (Wildman–Crippen MR) is 104 cm³/mol. The molecule has 0 radical (unpaired) electrons. The maximum Gasteiger partial charge on any atom is 0.338 e. The van der Waals surface area contributed by atoms with Gasteiger partial charge >= 0.3 is 5.97 Å². The van der Waals surface area contributed by atoms with Crippen LogP contribution in [0, 0.1) is 0 Å². The van der Waals surface area contributed by atoms with Crippen LogP contribution in [-0.2, 0) is 16.1 Å². The minimum Gasteiger partial charge on any atom is -0.452 e. The molecule has 0 atom stereocenters. The maximum atomic E-state index is 12.2. The van der Waals surface area contributed by atoms with Crippen LogP contribution >= 0.6 is 11.6 Å². The van der Waals surface area contributed by atoms with Crippen LogP contribution < -0.4 is 0 Å². The van der Waals surface area contributed by atoms with Crippen LogP contribution in [0.4, 0.5) is 0 Å². The van der Waals surface area contributed by atoms with Gasteiger partial charge in [0.25, 0.3) is 5.91 Å². The van der Waals surface area contributed by atoms with E-state index in [1.165, 1.54) is 4.90 Å². The first-order chi connectivity index (χ1) is 13.0. The molecule has 0 saturated heterocycles. The van der Waals surface area contributed by atoms with E-state index in [-0.39, 0.29) is 12.5 Å². The van der Waals surface area contributed by atoms with Crippen molar-refractivity contribution < 1.29 is 14.3 Å². The van der Waals surface area contributed by atoms with E-state index in [4.69, 9.17) is 16.3 Å². The van der Waals surface area contributed by atoms with Crippen LogP contribution in [0.3, 0.4) is 0 Å². The molecule has 27 heavy (non-hydrogen) atoms. The summed E-state index contributed by atoms with van der Waals surface area (Å²) in [5, 5.41) is 0.614. The summed E-state index contributed by atoms with van der Waals surface area (Å²) in [5.41, 5.74) is 2.25. The van der Waals surface area contributed by atoms with E-state index in [2.05, 4.69) is 0 Å². The number of hydrogen-bond acceptors (Lipinski definition) is 3. The number of hydrogen-bond donors (Lipinski definition) is 0. The number of carbonyl (C=O) groups is 2. The monoisotopic (exact) mass is 382 g/mol. The van der Waals surface area contributed by atoms with Gasteiger partial charge in [-0.05, 0) is 54.1 Å². The normalized spacial score (nSPS) is 10.4. The average molecular weight is 383 g/mol. The molecule has 1 amide bonds. The van der Waals surface area contributed by atoms with E-state index in [1.807, 2.05) is 53.4 Å². The zero-order chi connectivity index (χ0) is 19.2. The molecule has 1 aromatic heterocycles. The molecule has 0 aliphatic heterocycles. The van der Waals surface area contributed by atoms with Crippen molar-refractivity contribution in [3.05, 3.63) is 89.2 Å². The van der Waals surface area contributed by atoms with E-state index in [1.54, 1.807) is 31.3 Å².